The summed E-state index contributed by atoms with van der Waals surface area (Å²) >= 11 is 0. The Hall–Kier alpha value is -2.91. The highest BCUT2D eigenvalue weighted by Crippen LogP contribution is 2.32. The van der Waals surface area contributed by atoms with Crippen LogP contribution in [0, 0.1) is 0 Å². The summed E-state index contributed by atoms with van der Waals surface area (Å²) in [4.78, 5) is 27.2. The monoisotopic (exact) mass is 420 g/mol. The number of hydrogen-bond acceptors (Lipinski definition) is 6. The van der Waals surface area contributed by atoms with Crippen molar-refractivity contribution in [1.82, 2.24) is 20.3 Å². The lowest BCUT2D eigenvalue weighted by Crippen LogP contribution is -2.33. The normalized spacial score (nSPS) is 22.1. The third kappa shape index (κ3) is 4.47. The molecule has 2 aromatic rings. The molecular weight excluding hydrogens is 397 g/mol. The molecule has 2 atom stereocenters. The van der Waals surface area contributed by atoms with Crippen molar-refractivity contribution in [1.29, 1.82) is 0 Å². The van der Waals surface area contributed by atoms with Crippen LogP contribution in [0.5, 0.6) is 0 Å². The summed E-state index contributed by atoms with van der Waals surface area (Å²) in [5, 5.41) is 5.70. The van der Waals surface area contributed by atoms with Crippen LogP contribution in [0.3, 0.4) is 0 Å². The smallest absolute Gasteiger partial charge is 0.356 e. The van der Waals surface area contributed by atoms with Crippen molar-refractivity contribution in [3.8, 4) is 0 Å². The first-order chi connectivity index (χ1) is 14.3. The molecule has 30 heavy (non-hydrogen) atoms. The number of nitrogens with zero attached hydrogens (tertiary/aromatic N) is 4. The fourth-order valence-corrected chi connectivity index (χ4v) is 3.93. The van der Waals surface area contributed by atoms with E-state index in [1.54, 1.807) is 6.07 Å². The molecule has 2 aromatic heterocycles. The molecule has 0 bridgehead atoms. The maximum atomic E-state index is 13.0. The van der Waals surface area contributed by atoms with E-state index in [4.69, 9.17) is 4.98 Å². The average molecular weight is 420 g/mol. The predicted molar refractivity (Wildman–Crippen MR) is 106 cm³/mol. The molecule has 2 aliphatic heterocycles. The third-order valence-electron chi connectivity index (χ3n) is 5.55. The molecule has 7 nitrogen and oxygen atoms in total. The van der Waals surface area contributed by atoms with Crippen LogP contribution in [0.15, 0.2) is 24.4 Å². The van der Waals surface area contributed by atoms with Gasteiger partial charge in [0.05, 0.1) is 11.3 Å². The largest absolute Gasteiger partial charge is 0.416 e. The number of nitrogens with one attached hydrogen (secondary N) is 2. The number of amides is 1. The van der Waals surface area contributed by atoms with Crippen molar-refractivity contribution in [3.63, 3.8) is 0 Å². The lowest BCUT2D eigenvalue weighted by atomic mass is 9.94. The van der Waals surface area contributed by atoms with Crippen LogP contribution < -0.4 is 15.5 Å². The lowest BCUT2D eigenvalue weighted by molar-refractivity contribution is -0.137. The van der Waals surface area contributed by atoms with E-state index in [1.807, 2.05) is 0 Å². The maximum Gasteiger partial charge on any atom is 0.416 e. The Labute approximate surface area is 172 Å². The fourth-order valence-electron chi connectivity index (χ4n) is 3.93. The van der Waals surface area contributed by atoms with Crippen molar-refractivity contribution in [2.45, 2.75) is 50.7 Å². The van der Waals surface area contributed by atoms with Gasteiger partial charge in [-0.05, 0) is 38.3 Å². The Kier molecular flexibility index (Phi) is 5.48. The van der Waals surface area contributed by atoms with Gasteiger partial charge in [0.15, 0.2) is 0 Å². The summed E-state index contributed by atoms with van der Waals surface area (Å²) in [6.07, 6.45) is -0.216. The second kappa shape index (κ2) is 8.08. The maximum absolute atomic E-state index is 13.0. The zero-order chi connectivity index (χ0) is 21.3. The minimum Gasteiger partial charge on any atom is -0.356 e. The molecule has 2 fully saturated rings. The quantitative estimate of drug-likeness (QED) is 0.786. The Balaban J connectivity index is 1.68. The van der Waals surface area contributed by atoms with Gasteiger partial charge in [-0.1, -0.05) is 0 Å². The fraction of sp³-hybridized carbons (Fsp3) is 0.500. The van der Waals surface area contributed by atoms with Gasteiger partial charge in [-0.3, -0.25) is 4.79 Å². The summed E-state index contributed by atoms with van der Waals surface area (Å²) < 4.78 is 39.1. The summed E-state index contributed by atoms with van der Waals surface area (Å²) in [7, 11) is 0. The van der Waals surface area contributed by atoms with Crippen molar-refractivity contribution in [3.05, 3.63) is 35.7 Å². The molecule has 4 rings (SSSR count). The van der Waals surface area contributed by atoms with Crippen LogP contribution >= 0.6 is 0 Å². The number of anilines is 3. The molecule has 160 valence electrons. The molecule has 1 amide bonds. The summed E-state index contributed by atoms with van der Waals surface area (Å²) in [5.74, 6) is 0.851. The zero-order valence-corrected chi connectivity index (χ0v) is 16.5. The van der Waals surface area contributed by atoms with Gasteiger partial charge in [0, 0.05) is 43.7 Å². The van der Waals surface area contributed by atoms with E-state index >= 15 is 0 Å². The van der Waals surface area contributed by atoms with Crippen molar-refractivity contribution < 1.29 is 18.0 Å². The van der Waals surface area contributed by atoms with Crippen LogP contribution in [-0.4, -0.2) is 40.0 Å². The van der Waals surface area contributed by atoms with Crippen LogP contribution in [0.2, 0.25) is 0 Å². The first-order valence-corrected chi connectivity index (χ1v) is 10.0. The molecule has 0 saturated carbocycles. The molecule has 2 aliphatic rings. The van der Waals surface area contributed by atoms with Gasteiger partial charge in [-0.15, -0.1) is 0 Å². The number of hydrogen-bond donors (Lipinski definition) is 2. The topological polar surface area (TPSA) is 83.0 Å². The first-order valence-electron chi connectivity index (χ1n) is 10.0. The predicted octanol–water partition coefficient (Wildman–Crippen LogP) is 3.62. The minimum absolute atomic E-state index is 0.0324. The van der Waals surface area contributed by atoms with E-state index in [1.165, 1.54) is 0 Å². The number of piperidine rings is 1. The average Bonchev–Trinajstić information content (AvgIpc) is 3.13. The molecule has 10 heteroatoms. The van der Waals surface area contributed by atoms with Crippen LogP contribution in [0.1, 0.15) is 49.8 Å². The number of carbonyl (C=O) groups is 1. The molecule has 0 spiro atoms. The standard InChI is InChI=1S/C20H23F3N6O/c1-12-3-2-8-29(12)19-26-15(13-4-6-25-18(30)9-13)11-17(28-19)27-16-10-14(5-7-24-16)20(21,22)23/h5,7,10-13H,2-4,6,8-9H2,1H3,(H,25,30)(H,24,26,27,28). The molecule has 2 unspecified atom stereocenters. The first kappa shape index (κ1) is 20.4. The zero-order valence-electron chi connectivity index (χ0n) is 16.5. The van der Waals surface area contributed by atoms with E-state index in [0.29, 0.717) is 30.4 Å². The second-order valence-electron chi connectivity index (χ2n) is 7.75. The lowest BCUT2D eigenvalue weighted by Gasteiger charge is -2.26. The van der Waals surface area contributed by atoms with Gasteiger partial charge in [0.25, 0.3) is 0 Å². The molecule has 0 aromatic carbocycles. The van der Waals surface area contributed by atoms with E-state index in [9.17, 15) is 18.0 Å². The van der Waals surface area contributed by atoms with Gasteiger partial charge >= 0.3 is 6.18 Å². The van der Waals surface area contributed by atoms with Crippen molar-refractivity contribution in [2.75, 3.05) is 23.3 Å². The Morgan fingerprint density at radius 3 is 2.73 bits per heavy atom. The number of carbonyl (C=O) groups excluding carboxylic acids is 1. The van der Waals surface area contributed by atoms with Gasteiger partial charge in [-0.25, -0.2) is 9.97 Å². The number of pyridine rings is 1. The SMILES string of the molecule is CC1CCCN1c1nc(Nc2cc(C(F)(F)F)ccn2)cc(C2CCNC(=O)C2)n1. The molecule has 4 heterocycles. The van der Waals surface area contributed by atoms with Gasteiger partial charge in [-0.2, -0.15) is 18.2 Å². The molecule has 2 N–H and O–H groups in total. The summed E-state index contributed by atoms with van der Waals surface area (Å²) in [5.41, 5.74) is -0.0740. The van der Waals surface area contributed by atoms with Gasteiger partial charge < -0.3 is 15.5 Å². The summed E-state index contributed by atoms with van der Waals surface area (Å²) in [6.45, 7) is 3.48. The van der Waals surface area contributed by atoms with Gasteiger partial charge in [0.2, 0.25) is 11.9 Å². The third-order valence-corrected chi connectivity index (χ3v) is 5.55. The van der Waals surface area contributed by atoms with E-state index in [0.717, 1.165) is 44.1 Å². The Bertz CT molecular complexity index is 935. The highest BCUT2D eigenvalue weighted by Gasteiger charge is 2.31. The van der Waals surface area contributed by atoms with Crippen molar-refractivity contribution in [2.24, 2.45) is 0 Å². The van der Waals surface area contributed by atoms with E-state index in [2.05, 4.69) is 32.4 Å². The van der Waals surface area contributed by atoms with Gasteiger partial charge in [0.1, 0.15) is 11.6 Å². The number of alkyl halides is 3. The Morgan fingerprint density at radius 1 is 1.20 bits per heavy atom. The highest BCUT2D eigenvalue weighted by atomic mass is 19.4. The molecule has 0 aliphatic carbocycles. The number of rotatable bonds is 4. The van der Waals surface area contributed by atoms with Crippen LogP contribution in [0.25, 0.3) is 0 Å². The van der Waals surface area contributed by atoms with Crippen molar-refractivity contribution >= 4 is 23.5 Å². The van der Waals surface area contributed by atoms with E-state index < -0.39 is 11.7 Å². The molecule has 2 saturated heterocycles. The number of halogens is 3. The van der Waals surface area contributed by atoms with Crippen LogP contribution in [-0.2, 0) is 11.0 Å². The summed E-state index contributed by atoms with van der Waals surface area (Å²) in [6, 6.07) is 3.85. The van der Waals surface area contributed by atoms with Crippen LogP contribution in [0.4, 0.5) is 30.8 Å². The number of aromatic nitrogens is 3. The highest BCUT2D eigenvalue weighted by molar-refractivity contribution is 5.77. The minimum atomic E-state index is -4.46. The molecular formula is C20H23F3N6O. The van der Waals surface area contributed by atoms with E-state index in [-0.39, 0.29) is 23.7 Å². The second-order valence-corrected chi connectivity index (χ2v) is 7.75. The molecule has 0 radical (unpaired) electrons. The Morgan fingerprint density at radius 2 is 2.03 bits per heavy atom.